The largest absolute Gasteiger partial charge is 0.508 e. The fraction of sp³-hybridized carbons (Fsp3) is 0.423. The van der Waals surface area contributed by atoms with E-state index < -0.39 is 0 Å². The number of aryl methyl sites for hydroxylation is 1. The number of benzene rings is 2. The fourth-order valence-electron chi connectivity index (χ4n) is 4.29. The average molecular weight is 407 g/mol. The molecule has 2 aromatic carbocycles. The van der Waals surface area contributed by atoms with E-state index in [9.17, 15) is 9.90 Å². The Morgan fingerprint density at radius 3 is 2.57 bits per heavy atom. The van der Waals surface area contributed by atoms with Gasteiger partial charge in [0.05, 0.1) is 13.2 Å². The summed E-state index contributed by atoms with van der Waals surface area (Å²) in [5.41, 5.74) is 5.07. The number of hydrogen-bond donors (Lipinski definition) is 1. The second kappa shape index (κ2) is 8.95. The number of methoxy groups -OCH3 is 1. The molecule has 0 atom stereocenters. The van der Waals surface area contributed by atoms with Gasteiger partial charge in [-0.2, -0.15) is 0 Å². The van der Waals surface area contributed by atoms with Crippen LogP contribution in [0.2, 0.25) is 0 Å². The lowest BCUT2D eigenvalue weighted by molar-refractivity contribution is -0.140. The normalized spacial score (nSPS) is 16.4. The van der Waals surface area contributed by atoms with Gasteiger partial charge in [0.25, 0.3) is 0 Å². The summed E-state index contributed by atoms with van der Waals surface area (Å²) in [6, 6.07) is 11.9. The van der Waals surface area contributed by atoms with Gasteiger partial charge in [0.15, 0.2) is 0 Å². The van der Waals surface area contributed by atoms with Crippen LogP contribution in [0.4, 0.5) is 0 Å². The number of phenolic OH excluding ortho intramolecular Hbond substituents is 1. The van der Waals surface area contributed by atoms with Crippen molar-refractivity contribution in [2.24, 2.45) is 0 Å². The summed E-state index contributed by atoms with van der Waals surface area (Å²) < 4.78 is 10.9. The SMILES string of the molecule is C=C(c1ccc(O)c(CCC(=O)OC)c1)c1ccc(OC2CCCC2)cc1C1CC1. The first-order valence-electron chi connectivity index (χ1n) is 10.9. The first-order valence-corrected chi connectivity index (χ1v) is 10.9. The molecule has 0 aromatic heterocycles. The van der Waals surface area contributed by atoms with Crippen LogP contribution >= 0.6 is 0 Å². The monoisotopic (exact) mass is 406 g/mol. The van der Waals surface area contributed by atoms with Crippen LogP contribution in [0.3, 0.4) is 0 Å². The highest BCUT2D eigenvalue weighted by Gasteiger charge is 2.28. The minimum atomic E-state index is -0.285. The van der Waals surface area contributed by atoms with Crippen molar-refractivity contribution in [2.75, 3.05) is 7.11 Å². The number of hydrogen-bond acceptors (Lipinski definition) is 4. The Hall–Kier alpha value is -2.75. The second-order valence-electron chi connectivity index (χ2n) is 8.45. The topological polar surface area (TPSA) is 55.8 Å². The Labute approximate surface area is 178 Å². The van der Waals surface area contributed by atoms with Crippen LogP contribution in [0.15, 0.2) is 43.0 Å². The van der Waals surface area contributed by atoms with Gasteiger partial charge in [-0.05, 0) is 103 Å². The smallest absolute Gasteiger partial charge is 0.305 e. The molecule has 0 unspecified atom stereocenters. The molecule has 4 heteroatoms. The van der Waals surface area contributed by atoms with Crippen LogP contribution < -0.4 is 4.74 Å². The van der Waals surface area contributed by atoms with Gasteiger partial charge in [-0.15, -0.1) is 0 Å². The van der Waals surface area contributed by atoms with Crippen molar-refractivity contribution in [3.8, 4) is 11.5 Å². The van der Waals surface area contributed by atoms with Gasteiger partial charge < -0.3 is 14.6 Å². The van der Waals surface area contributed by atoms with Crippen LogP contribution in [0, 0.1) is 0 Å². The molecule has 30 heavy (non-hydrogen) atoms. The maximum Gasteiger partial charge on any atom is 0.305 e. The Morgan fingerprint density at radius 1 is 1.10 bits per heavy atom. The highest BCUT2D eigenvalue weighted by molar-refractivity contribution is 5.81. The van der Waals surface area contributed by atoms with Crippen molar-refractivity contribution in [1.29, 1.82) is 0 Å². The van der Waals surface area contributed by atoms with Gasteiger partial charge in [0, 0.05) is 6.42 Å². The summed E-state index contributed by atoms with van der Waals surface area (Å²) >= 11 is 0. The van der Waals surface area contributed by atoms with Crippen LogP contribution in [0.5, 0.6) is 11.5 Å². The molecule has 0 aliphatic heterocycles. The molecule has 4 rings (SSSR count). The number of aromatic hydroxyl groups is 1. The van der Waals surface area contributed by atoms with Crippen LogP contribution in [-0.4, -0.2) is 24.3 Å². The van der Waals surface area contributed by atoms with Crippen LogP contribution in [-0.2, 0) is 16.0 Å². The number of phenols is 1. The lowest BCUT2D eigenvalue weighted by Crippen LogP contribution is -2.11. The van der Waals surface area contributed by atoms with Crippen molar-refractivity contribution < 1.29 is 19.4 Å². The van der Waals surface area contributed by atoms with Crippen molar-refractivity contribution in [1.82, 2.24) is 0 Å². The number of carbonyl (C=O) groups is 1. The van der Waals surface area contributed by atoms with Crippen molar-refractivity contribution in [3.05, 3.63) is 65.2 Å². The number of carbonyl (C=O) groups excluding carboxylic acids is 1. The van der Waals surface area contributed by atoms with E-state index in [0.717, 1.165) is 40.9 Å². The van der Waals surface area contributed by atoms with E-state index in [-0.39, 0.29) is 18.1 Å². The Balaban J connectivity index is 1.57. The first kappa shape index (κ1) is 20.5. The van der Waals surface area contributed by atoms with E-state index in [1.165, 1.54) is 38.4 Å². The molecule has 0 radical (unpaired) electrons. The minimum Gasteiger partial charge on any atom is -0.508 e. The Bertz CT molecular complexity index is 936. The Morgan fingerprint density at radius 2 is 1.87 bits per heavy atom. The van der Waals surface area contributed by atoms with Crippen molar-refractivity contribution in [3.63, 3.8) is 0 Å². The van der Waals surface area contributed by atoms with E-state index in [1.54, 1.807) is 6.07 Å². The van der Waals surface area contributed by atoms with Crippen LogP contribution in [0.1, 0.15) is 73.1 Å². The summed E-state index contributed by atoms with van der Waals surface area (Å²) in [6.45, 7) is 4.37. The molecule has 2 fully saturated rings. The van der Waals surface area contributed by atoms with Gasteiger partial charge >= 0.3 is 5.97 Å². The van der Waals surface area contributed by atoms with Gasteiger partial charge in [-0.25, -0.2) is 0 Å². The second-order valence-corrected chi connectivity index (χ2v) is 8.45. The molecule has 158 valence electrons. The molecule has 2 aliphatic rings. The minimum absolute atomic E-state index is 0.193. The van der Waals surface area contributed by atoms with E-state index in [0.29, 0.717) is 18.4 Å². The third-order valence-electron chi connectivity index (χ3n) is 6.22. The third-order valence-corrected chi connectivity index (χ3v) is 6.22. The highest BCUT2D eigenvalue weighted by atomic mass is 16.5. The standard InChI is InChI=1S/C26H30O4/c1-17(19-9-13-25(27)20(15-19)10-14-26(28)29-2)23-12-11-22(16-24(23)18-7-8-18)30-21-5-3-4-6-21/h9,11-13,15-16,18,21,27H,1,3-8,10,14H2,2H3. The van der Waals surface area contributed by atoms with E-state index in [2.05, 4.69) is 24.8 Å². The molecule has 2 saturated carbocycles. The molecular weight excluding hydrogens is 376 g/mol. The van der Waals surface area contributed by atoms with Crippen molar-refractivity contribution >= 4 is 11.5 Å². The molecule has 4 nitrogen and oxygen atoms in total. The predicted molar refractivity (Wildman–Crippen MR) is 118 cm³/mol. The summed E-state index contributed by atoms with van der Waals surface area (Å²) in [5, 5.41) is 10.2. The van der Waals surface area contributed by atoms with Gasteiger partial charge in [0.2, 0.25) is 0 Å². The van der Waals surface area contributed by atoms with Gasteiger partial charge in [-0.1, -0.05) is 18.7 Å². The molecule has 0 amide bonds. The van der Waals surface area contributed by atoms with Crippen molar-refractivity contribution in [2.45, 2.75) is 63.4 Å². The maximum absolute atomic E-state index is 11.5. The van der Waals surface area contributed by atoms with Crippen LogP contribution in [0.25, 0.3) is 5.57 Å². The summed E-state index contributed by atoms with van der Waals surface area (Å²) in [5.74, 6) is 1.44. The highest BCUT2D eigenvalue weighted by Crippen LogP contribution is 2.45. The number of rotatable bonds is 8. The zero-order chi connectivity index (χ0) is 21.1. The molecule has 0 heterocycles. The van der Waals surface area contributed by atoms with E-state index in [4.69, 9.17) is 9.47 Å². The average Bonchev–Trinajstić information content (AvgIpc) is 3.49. The van der Waals surface area contributed by atoms with E-state index in [1.807, 2.05) is 12.1 Å². The molecule has 0 saturated heterocycles. The summed E-state index contributed by atoms with van der Waals surface area (Å²) in [7, 11) is 1.37. The fourth-order valence-corrected chi connectivity index (χ4v) is 4.29. The molecule has 0 bridgehead atoms. The molecule has 2 aliphatic carbocycles. The predicted octanol–water partition coefficient (Wildman–Crippen LogP) is 5.76. The number of ether oxygens (including phenoxy) is 2. The molecule has 2 aromatic rings. The first-order chi connectivity index (χ1) is 14.5. The number of esters is 1. The zero-order valence-electron chi connectivity index (χ0n) is 17.7. The quantitative estimate of drug-likeness (QED) is 0.567. The summed E-state index contributed by atoms with van der Waals surface area (Å²) in [6.07, 6.45) is 8.23. The maximum atomic E-state index is 11.5. The molecule has 1 N–H and O–H groups in total. The lowest BCUT2D eigenvalue weighted by Gasteiger charge is -2.18. The van der Waals surface area contributed by atoms with Gasteiger partial charge in [0.1, 0.15) is 11.5 Å². The molecular formula is C26H30O4. The molecule has 0 spiro atoms. The van der Waals surface area contributed by atoms with Gasteiger partial charge in [-0.3, -0.25) is 4.79 Å². The van der Waals surface area contributed by atoms with E-state index >= 15 is 0 Å². The lowest BCUT2D eigenvalue weighted by atomic mass is 9.91. The third kappa shape index (κ3) is 4.69. The zero-order valence-corrected chi connectivity index (χ0v) is 17.7. The summed E-state index contributed by atoms with van der Waals surface area (Å²) in [4.78, 5) is 11.5. The Kier molecular flexibility index (Phi) is 6.12.